The molecule has 1 fully saturated rings. The van der Waals surface area contributed by atoms with Gasteiger partial charge in [0.15, 0.2) is 15.6 Å². The zero-order valence-corrected chi connectivity index (χ0v) is 28.0. The van der Waals surface area contributed by atoms with E-state index >= 15 is 0 Å². The van der Waals surface area contributed by atoms with Gasteiger partial charge < -0.3 is 4.57 Å². The van der Waals surface area contributed by atoms with E-state index in [1.54, 1.807) is 12.1 Å². The zero-order chi connectivity index (χ0) is 32.7. The van der Waals surface area contributed by atoms with Crippen LogP contribution in [0.1, 0.15) is 79.3 Å². The van der Waals surface area contributed by atoms with Crippen molar-refractivity contribution in [2.24, 2.45) is 5.92 Å². The van der Waals surface area contributed by atoms with E-state index in [1.165, 1.54) is 19.3 Å². The van der Waals surface area contributed by atoms with Gasteiger partial charge in [0.25, 0.3) is 0 Å². The number of hydrogen-bond acceptors (Lipinski definition) is 4. The fourth-order valence-electron chi connectivity index (χ4n) is 7.42. The Morgan fingerprint density at radius 2 is 1.32 bits per heavy atom. The molecule has 1 aromatic heterocycles. The zero-order valence-electron chi connectivity index (χ0n) is 27.2. The van der Waals surface area contributed by atoms with Gasteiger partial charge in [-0.2, -0.15) is 0 Å². The predicted octanol–water partition coefficient (Wildman–Crippen LogP) is 8.74. The molecule has 0 amide bonds. The number of sulfone groups is 1. The molecule has 6 rings (SSSR count). The molecule has 1 saturated carbocycles. The molecule has 5 aromatic rings. The van der Waals surface area contributed by atoms with E-state index in [9.17, 15) is 13.2 Å². The number of hydrogen-bond donors (Lipinski definition) is 0. The van der Waals surface area contributed by atoms with Crippen LogP contribution in [0.5, 0.6) is 0 Å². The number of imidazole rings is 1. The van der Waals surface area contributed by atoms with E-state index in [1.807, 2.05) is 86.2 Å². The van der Waals surface area contributed by atoms with Gasteiger partial charge in [0.1, 0.15) is 10.8 Å². The van der Waals surface area contributed by atoms with Gasteiger partial charge in [-0.25, -0.2) is 13.4 Å². The van der Waals surface area contributed by atoms with Gasteiger partial charge >= 0.3 is 0 Å². The van der Waals surface area contributed by atoms with Gasteiger partial charge in [-0.15, -0.1) is 0 Å². The van der Waals surface area contributed by atoms with E-state index in [2.05, 4.69) is 45.9 Å². The molecular formula is C41H44N2O3S. The number of carbonyl (C=O) groups is 1. The number of Topliss-reactive ketones (excluding diaryl/α,β-unsaturated/α-hetero) is 1. The largest absolute Gasteiger partial charge is 0.316 e. The summed E-state index contributed by atoms with van der Waals surface area (Å²) in [6.07, 6.45) is 11.1. The van der Waals surface area contributed by atoms with Crippen molar-refractivity contribution in [2.45, 2.75) is 80.4 Å². The summed E-state index contributed by atoms with van der Waals surface area (Å²) in [5, 5.41) is -1.06. The summed E-state index contributed by atoms with van der Waals surface area (Å²) < 4.78 is 30.3. The molecule has 0 N–H and O–H groups in total. The molecule has 242 valence electrons. The van der Waals surface area contributed by atoms with E-state index < -0.39 is 20.6 Å². The van der Waals surface area contributed by atoms with Gasteiger partial charge in [-0.3, -0.25) is 4.79 Å². The van der Waals surface area contributed by atoms with Crippen molar-refractivity contribution < 1.29 is 13.2 Å². The van der Waals surface area contributed by atoms with Gasteiger partial charge in [0.05, 0.1) is 11.2 Å². The van der Waals surface area contributed by atoms with Crippen LogP contribution in [0.2, 0.25) is 0 Å². The molecule has 1 aliphatic rings. The van der Waals surface area contributed by atoms with Gasteiger partial charge in [0, 0.05) is 18.3 Å². The van der Waals surface area contributed by atoms with Crippen molar-refractivity contribution in [1.29, 1.82) is 0 Å². The van der Waals surface area contributed by atoms with Crippen LogP contribution in [-0.4, -0.2) is 29.0 Å². The van der Waals surface area contributed by atoms with Crippen LogP contribution in [0, 0.1) is 12.8 Å². The third kappa shape index (κ3) is 6.89. The highest BCUT2D eigenvalue weighted by atomic mass is 32.2. The first kappa shape index (κ1) is 32.6. The van der Waals surface area contributed by atoms with E-state index in [0.717, 1.165) is 47.2 Å². The van der Waals surface area contributed by atoms with Crippen LogP contribution in [0.3, 0.4) is 0 Å². The Labute approximate surface area is 279 Å². The summed E-state index contributed by atoms with van der Waals surface area (Å²) in [7, 11) is -3.85. The van der Waals surface area contributed by atoms with Gasteiger partial charge in [-0.05, 0) is 60.9 Å². The second-order valence-corrected chi connectivity index (χ2v) is 15.1. The first-order valence-corrected chi connectivity index (χ1v) is 18.5. The van der Waals surface area contributed by atoms with Crippen molar-refractivity contribution in [3.8, 4) is 0 Å². The smallest absolute Gasteiger partial charge is 0.188 e. The highest BCUT2D eigenvalue weighted by molar-refractivity contribution is 7.92. The Balaban J connectivity index is 1.36. The minimum atomic E-state index is -3.85. The standard InChI is InChI=1S/C41H44N2O3S/c1-32-22-26-38(27-23-32)47(45,46)40(29-24-33-14-6-2-7-15-33)39(44)28-25-37-30-42-31-43(37)41(34-16-8-3-9-17-34,35-18-10-4-11-19-35)36-20-12-5-13-21-36/h3-5,8-13,16-23,26-27,30-31,33,40H,2,6-7,14-15,24-25,28-29H2,1H3. The molecular weight excluding hydrogens is 601 g/mol. The lowest BCUT2D eigenvalue weighted by Gasteiger charge is -2.38. The van der Waals surface area contributed by atoms with Crippen LogP contribution in [0.25, 0.3) is 0 Å². The Bertz CT molecular complexity index is 1750. The van der Waals surface area contributed by atoms with Crippen molar-refractivity contribution in [3.63, 3.8) is 0 Å². The monoisotopic (exact) mass is 644 g/mol. The molecule has 47 heavy (non-hydrogen) atoms. The topological polar surface area (TPSA) is 69.0 Å². The number of benzene rings is 4. The van der Waals surface area contributed by atoms with E-state index in [4.69, 9.17) is 0 Å². The van der Waals surface area contributed by atoms with E-state index in [0.29, 0.717) is 18.8 Å². The average molecular weight is 645 g/mol. The normalized spacial score (nSPS) is 14.9. The number of aromatic nitrogens is 2. The molecule has 0 radical (unpaired) electrons. The summed E-state index contributed by atoms with van der Waals surface area (Å²) >= 11 is 0. The maximum atomic E-state index is 14.2. The van der Waals surface area contributed by atoms with Gasteiger partial charge in [0.2, 0.25) is 0 Å². The number of aryl methyl sites for hydroxylation is 2. The second-order valence-electron chi connectivity index (χ2n) is 13.0. The minimum Gasteiger partial charge on any atom is -0.316 e. The van der Waals surface area contributed by atoms with Crippen molar-refractivity contribution in [1.82, 2.24) is 9.55 Å². The molecule has 1 atom stereocenters. The molecule has 0 saturated heterocycles. The lowest BCUT2D eigenvalue weighted by atomic mass is 9.76. The number of nitrogens with zero attached hydrogens (tertiary/aromatic N) is 2. The Morgan fingerprint density at radius 1 is 0.787 bits per heavy atom. The minimum absolute atomic E-state index is 0.112. The predicted molar refractivity (Wildman–Crippen MR) is 188 cm³/mol. The molecule has 5 nitrogen and oxygen atoms in total. The van der Waals surface area contributed by atoms with Crippen LogP contribution in [-0.2, 0) is 26.6 Å². The fraction of sp³-hybridized carbons (Fsp3) is 0.317. The first-order chi connectivity index (χ1) is 22.9. The quantitative estimate of drug-likeness (QED) is 0.120. The van der Waals surface area contributed by atoms with Crippen LogP contribution < -0.4 is 0 Å². The Kier molecular flexibility index (Phi) is 10.2. The average Bonchev–Trinajstić information content (AvgIpc) is 3.58. The molecule has 0 bridgehead atoms. The van der Waals surface area contributed by atoms with Crippen molar-refractivity contribution in [2.75, 3.05) is 0 Å². The van der Waals surface area contributed by atoms with Crippen LogP contribution >= 0.6 is 0 Å². The third-order valence-electron chi connectivity index (χ3n) is 9.92. The highest BCUT2D eigenvalue weighted by Gasteiger charge is 2.40. The van der Waals surface area contributed by atoms with E-state index in [-0.39, 0.29) is 17.1 Å². The third-order valence-corrected chi connectivity index (χ3v) is 12.1. The second kappa shape index (κ2) is 14.6. The number of ketones is 1. The first-order valence-electron chi connectivity index (χ1n) is 16.9. The summed E-state index contributed by atoms with van der Waals surface area (Å²) in [4.78, 5) is 19.0. The molecule has 6 heteroatoms. The number of carbonyl (C=O) groups excluding carboxylic acids is 1. The van der Waals surface area contributed by atoms with Gasteiger partial charge in [-0.1, -0.05) is 141 Å². The van der Waals surface area contributed by atoms with Crippen molar-refractivity contribution >= 4 is 15.6 Å². The SMILES string of the molecule is Cc1ccc(S(=O)(=O)C(CCC2CCCCC2)C(=O)CCc2cncn2C(c2ccccc2)(c2ccccc2)c2ccccc2)cc1. The summed E-state index contributed by atoms with van der Waals surface area (Å²) in [5.74, 6) is 0.260. The Morgan fingerprint density at radius 3 is 1.85 bits per heavy atom. The molecule has 1 heterocycles. The molecule has 0 spiro atoms. The summed E-state index contributed by atoms with van der Waals surface area (Å²) in [6, 6.07) is 38.0. The maximum Gasteiger partial charge on any atom is 0.188 e. The van der Waals surface area contributed by atoms with Crippen molar-refractivity contribution in [3.05, 3.63) is 156 Å². The Hall–Kier alpha value is -4.29. The highest BCUT2D eigenvalue weighted by Crippen LogP contribution is 2.42. The molecule has 4 aromatic carbocycles. The lowest BCUT2D eigenvalue weighted by molar-refractivity contribution is -0.118. The summed E-state index contributed by atoms with van der Waals surface area (Å²) in [5.41, 5.74) is 4.29. The van der Waals surface area contributed by atoms with Crippen LogP contribution in [0.15, 0.2) is 133 Å². The number of rotatable bonds is 13. The lowest BCUT2D eigenvalue weighted by Crippen LogP contribution is -2.38. The van der Waals surface area contributed by atoms with Crippen LogP contribution in [0.4, 0.5) is 0 Å². The maximum absolute atomic E-state index is 14.2. The summed E-state index contributed by atoms with van der Waals surface area (Å²) in [6.45, 7) is 1.94. The molecule has 0 aliphatic heterocycles. The fourth-order valence-corrected chi connectivity index (χ4v) is 9.18. The molecule has 1 unspecified atom stereocenters. The molecule has 1 aliphatic carbocycles.